The molecule has 2 N–H and O–H groups in total. The van der Waals surface area contributed by atoms with Crippen LogP contribution in [0.3, 0.4) is 0 Å². The molecule has 4 rings (SSSR count). The molecule has 0 bridgehead atoms. The Morgan fingerprint density at radius 3 is 2.23 bits per heavy atom. The predicted octanol–water partition coefficient (Wildman–Crippen LogP) is 3.19. The summed E-state index contributed by atoms with van der Waals surface area (Å²) in [5, 5.41) is 21.2. The highest BCUT2D eigenvalue weighted by Crippen LogP contribution is 2.44. The molecule has 4 aromatic rings. The summed E-state index contributed by atoms with van der Waals surface area (Å²) in [5.74, 6) is 0.730. The first kappa shape index (κ1) is 20.1. The first-order valence-electron chi connectivity index (χ1n) is 9.07. The summed E-state index contributed by atoms with van der Waals surface area (Å²) in [6, 6.07) is 6.26. The smallest absolute Gasteiger partial charge is 0.203 e. The van der Waals surface area contributed by atoms with Gasteiger partial charge < -0.3 is 28.5 Å². The summed E-state index contributed by atoms with van der Waals surface area (Å²) in [4.78, 5) is 13.7. The Morgan fingerprint density at radius 2 is 1.68 bits per heavy atom. The van der Waals surface area contributed by atoms with Crippen molar-refractivity contribution in [1.29, 1.82) is 0 Å². The van der Waals surface area contributed by atoms with Gasteiger partial charge in [0.15, 0.2) is 34.4 Å². The van der Waals surface area contributed by atoms with Gasteiger partial charge in [-0.2, -0.15) is 15.4 Å². The van der Waals surface area contributed by atoms with Crippen molar-refractivity contribution in [2.45, 2.75) is 0 Å². The maximum absolute atomic E-state index is 13.7. The second-order valence-electron chi connectivity index (χ2n) is 6.40. The second-order valence-corrected chi connectivity index (χ2v) is 6.40. The highest BCUT2D eigenvalue weighted by Gasteiger charge is 2.28. The number of H-pyrrole nitrogens is 1. The van der Waals surface area contributed by atoms with Crippen molar-refractivity contribution in [1.82, 2.24) is 15.4 Å². The zero-order valence-electron chi connectivity index (χ0n) is 17.2. The van der Waals surface area contributed by atoms with Crippen LogP contribution in [0.2, 0.25) is 0 Å². The van der Waals surface area contributed by atoms with Gasteiger partial charge in [0.25, 0.3) is 0 Å². The van der Waals surface area contributed by atoms with Gasteiger partial charge >= 0.3 is 0 Å². The number of carbonyl (C=O) groups excluding carboxylic acids is 1. The fourth-order valence-corrected chi connectivity index (χ4v) is 3.37. The highest BCUT2D eigenvalue weighted by atomic mass is 16.5. The van der Waals surface area contributed by atoms with Crippen LogP contribution in [0.5, 0.6) is 28.7 Å². The first-order valence-corrected chi connectivity index (χ1v) is 9.07. The Kier molecular flexibility index (Phi) is 5.12. The lowest BCUT2D eigenvalue weighted by Gasteiger charge is -2.13. The third kappa shape index (κ3) is 3.18. The molecule has 0 amide bonds. The molecule has 0 spiro atoms. The van der Waals surface area contributed by atoms with E-state index in [2.05, 4.69) is 15.4 Å². The van der Waals surface area contributed by atoms with Crippen molar-refractivity contribution < 1.29 is 33.3 Å². The summed E-state index contributed by atoms with van der Waals surface area (Å²) in [6.45, 7) is 0. The van der Waals surface area contributed by atoms with Crippen LogP contribution in [-0.4, -0.2) is 54.7 Å². The van der Waals surface area contributed by atoms with Crippen molar-refractivity contribution in [2.24, 2.45) is 0 Å². The Balaban J connectivity index is 1.98. The number of phenolic OH excluding ortho intramolecular Hbond substituents is 1. The number of carbonyl (C=O) groups is 1. The monoisotopic (exact) mass is 425 g/mol. The van der Waals surface area contributed by atoms with E-state index in [0.717, 1.165) is 0 Å². The van der Waals surface area contributed by atoms with Crippen LogP contribution in [0.4, 0.5) is 0 Å². The number of methoxy groups -OCH3 is 4. The van der Waals surface area contributed by atoms with Crippen molar-refractivity contribution >= 4 is 16.8 Å². The van der Waals surface area contributed by atoms with Crippen molar-refractivity contribution in [3.63, 3.8) is 0 Å². The summed E-state index contributed by atoms with van der Waals surface area (Å²) >= 11 is 0. The summed E-state index contributed by atoms with van der Waals surface area (Å²) in [5.41, 5.74) is 0.840. The molecule has 0 unspecified atom stereocenters. The lowest BCUT2D eigenvalue weighted by molar-refractivity contribution is 0.103. The van der Waals surface area contributed by atoms with Crippen LogP contribution in [0.15, 0.2) is 34.9 Å². The molecule has 2 heterocycles. The fraction of sp³-hybridized carbons (Fsp3) is 0.190. The lowest BCUT2D eigenvalue weighted by atomic mass is 9.98. The second kappa shape index (κ2) is 7.90. The number of phenols is 1. The summed E-state index contributed by atoms with van der Waals surface area (Å²) in [7, 11) is 5.82. The molecule has 0 aliphatic heterocycles. The Hall–Kier alpha value is -4.21. The quantitative estimate of drug-likeness (QED) is 0.429. The number of nitrogens with one attached hydrogen (secondary N) is 1. The van der Waals surface area contributed by atoms with Crippen LogP contribution < -0.4 is 18.9 Å². The lowest BCUT2D eigenvalue weighted by Crippen LogP contribution is -2.05. The van der Waals surface area contributed by atoms with E-state index in [1.807, 2.05) is 0 Å². The number of ketones is 1. The zero-order chi connectivity index (χ0) is 22.1. The number of rotatable bonds is 7. The molecule has 0 aliphatic carbocycles. The van der Waals surface area contributed by atoms with E-state index in [4.69, 9.17) is 23.4 Å². The zero-order valence-corrected chi connectivity index (χ0v) is 17.2. The highest BCUT2D eigenvalue weighted by molar-refractivity contribution is 6.20. The molecule has 160 valence electrons. The Labute approximate surface area is 176 Å². The number of furan rings is 1. The normalized spacial score (nSPS) is 10.8. The largest absolute Gasteiger partial charge is 0.502 e. The van der Waals surface area contributed by atoms with Gasteiger partial charge in [0.05, 0.1) is 40.2 Å². The third-order valence-electron chi connectivity index (χ3n) is 4.82. The molecular formula is C21H19N3O7. The van der Waals surface area contributed by atoms with Gasteiger partial charge in [-0.1, -0.05) is 0 Å². The van der Waals surface area contributed by atoms with Gasteiger partial charge in [-0.3, -0.25) is 4.79 Å². The predicted molar refractivity (Wildman–Crippen MR) is 109 cm³/mol. The number of aromatic nitrogens is 3. The number of fused-ring (bicyclic) bond motifs is 1. The van der Waals surface area contributed by atoms with Gasteiger partial charge in [0, 0.05) is 10.9 Å². The van der Waals surface area contributed by atoms with Crippen LogP contribution in [0.1, 0.15) is 15.9 Å². The average molecular weight is 425 g/mol. The molecular weight excluding hydrogens is 406 g/mol. The average Bonchev–Trinajstić information content (AvgIpc) is 3.46. The van der Waals surface area contributed by atoms with Gasteiger partial charge in [0.1, 0.15) is 5.69 Å². The summed E-state index contributed by atoms with van der Waals surface area (Å²) < 4.78 is 27.1. The maximum atomic E-state index is 13.7. The molecule has 0 atom stereocenters. The maximum Gasteiger partial charge on any atom is 0.203 e. The van der Waals surface area contributed by atoms with E-state index >= 15 is 0 Å². The van der Waals surface area contributed by atoms with Crippen molar-refractivity contribution in [3.8, 4) is 40.2 Å². The molecule has 0 saturated heterocycles. The van der Waals surface area contributed by atoms with Crippen LogP contribution >= 0.6 is 0 Å². The van der Waals surface area contributed by atoms with Crippen LogP contribution in [-0.2, 0) is 0 Å². The number of hydrogen-bond donors (Lipinski definition) is 2. The minimum Gasteiger partial charge on any atom is -0.502 e. The van der Waals surface area contributed by atoms with E-state index < -0.39 is 5.78 Å². The molecule has 10 nitrogen and oxygen atoms in total. The van der Waals surface area contributed by atoms with Crippen LogP contribution in [0, 0.1) is 0 Å². The van der Waals surface area contributed by atoms with Crippen LogP contribution in [0.25, 0.3) is 22.4 Å². The van der Waals surface area contributed by atoms with E-state index in [1.54, 1.807) is 24.3 Å². The SMILES string of the molecule is COc1cc(C(=O)c2c(-c3cn[nH]n3)oc3c(O)c(OC)ccc23)cc(OC)c1OC. The first-order chi connectivity index (χ1) is 15.0. The van der Waals surface area contributed by atoms with E-state index in [-0.39, 0.29) is 34.0 Å². The molecule has 2 aromatic heterocycles. The number of aromatic hydroxyl groups is 1. The van der Waals surface area contributed by atoms with Gasteiger partial charge in [-0.25, -0.2) is 0 Å². The number of nitrogens with zero attached hydrogens (tertiary/aromatic N) is 2. The van der Waals surface area contributed by atoms with E-state index in [0.29, 0.717) is 28.3 Å². The molecule has 0 aliphatic rings. The Morgan fingerprint density at radius 1 is 1.00 bits per heavy atom. The number of aromatic amines is 1. The molecule has 0 fully saturated rings. The topological polar surface area (TPSA) is 129 Å². The number of ether oxygens (including phenoxy) is 4. The fourth-order valence-electron chi connectivity index (χ4n) is 3.37. The summed E-state index contributed by atoms with van der Waals surface area (Å²) in [6.07, 6.45) is 1.41. The molecule has 0 radical (unpaired) electrons. The number of benzene rings is 2. The van der Waals surface area contributed by atoms with Crippen molar-refractivity contribution in [3.05, 3.63) is 41.6 Å². The van der Waals surface area contributed by atoms with Gasteiger partial charge in [0.2, 0.25) is 11.5 Å². The molecule has 10 heteroatoms. The standard InChI is InChI=1S/C21H19N3O7/c1-27-13-6-5-11-16(20(12-9-22-24-23-12)31-19(11)18(13)26)17(25)10-7-14(28-2)21(30-4)15(8-10)29-3/h5-9,26H,1-4H3,(H,22,23,24). The molecule has 2 aromatic carbocycles. The van der Waals surface area contributed by atoms with E-state index in [9.17, 15) is 9.90 Å². The van der Waals surface area contributed by atoms with Crippen molar-refractivity contribution in [2.75, 3.05) is 28.4 Å². The minimum absolute atomic E-state index is 0.0909. The Bertz CT molecular complexity index is 1240. The van der Waals surface area contributed by atoms with Gasteiger partial charge in [-0.15, -0.1) is 0 Å². The molecule has 31 heavy (non-hydrogen) atoms. The van der Waals surface area contributed by atoms with Gasteiger partial charge in [-0.05, 0) is 24.3 Å². The number of hydrogen-bond acceptors (Lipinski definition) is 9. The third-order valence-corrected chi connectivity index (χ3v) is 4.82. The molecule has 0 saturated carbocycles. The van der Waals surface area contributed by atoms with E-state index in [1.165, 1.54) is 34.6 Å². The minimum atomic E-state index is -0.402.